The third-order valence-electron chi connectivity index (χ3n) is 4.89. The summed E-state index contributed by atoms with van der Waals surface area (Å²) in [5.41, 5.74) is 2.24. The Kier molecular flexibility index (Phi) is 5.09. The number of carbonyl (C=O) groups is 1. The lowest BCUT2D eigenvalue weighted by Gasteiger charge is -2.31. The molecule has 3 aromatic carbocycles. The maximum atomic E-state index is 13.3. The van der Waals surface area contributed by atoms with Crippen LogP contribution in [0.2, 0.25) is 0 Å². The molecule has 0 spiro atoms. The predicted molar refractivity (Wildman–Crippen MR) is 115 cm³/mol. The number of benzene rings is 3. The van der Waals surface area contributed by atoms with E-state index in [1.165, 1.54) is 14.2 Å². The predicted octanol–water partition coefficient (Wildman–Crippen LogP) is 3.52. The first-order valence-corrected chi connectivity index (χ1v) is 10.6. The van der Waals surface area contributed by atoms with E-state index in [0.29, 0.717) is 28.4 Å². The minimum absolute atomic E-state index is 0.176. The van der Waals surface area contributed by atoms with Gasteiger partial charge in [-0.2, -0.15) is 0 Å². The number of anilines is 2. The molecule has 1 N–H and O–H groups in total. The van der Waals surface area contributed by atoms with Crippen LogP contribution in [0.15, 0.2) is 71.6 Å². The second-order valence-corrected chi connectivity index (χ2v) is 8.47. The van der Waals surface area contributed by atoms with Gasteiger partial charge in [-0.1, -0.05) is 36.4 Å². The number of hydrogen-bond acceptors (Lipinski definition) is 5. The van der Waals surface area contributed by atoms with Gasteiger partial charge in [0.2, 0.25) is 5.91 Å². The summed E-state index contributed by atoms with van der Waals surface area (Å²) in [6.07, 6.45) is 0. The molecule has 0 saturated carbocycles. The summed E-state index contributed by atoms with van der Waals surface area (Å²) in [5.74, 6) is 0.478. The van der Waals surface area contributed by atoms with Gasteiger partial charge in [-0.05, 0) is 24.3 Å². The zero-order chi connectivity index (χ0) is 21.3. The van der Waals surface area contributed by atoms with E-state index >= 15 is 0 Å². The molecular formula is C22H20N2O5S. The third kappa shape index (κ3) is 3.35. The van der Waals surface area contributed by atoms with Gasteiger partial charge in [-0.15, -0.1) is 0 Å². The number of amides is 1. The lowest BCUT2D eigenvalue weighted by molar-refractivity contribution is -0.114. The highest BCUT2D eigenvalue weighted by molar-refractivity contribution is 7.93. The van der Waals surface area contributed by atoms with Crippen molar-refractivity contribution in [3.63, 3.8) is 0 Å². The number of methoxy groups -OCH3 is 2. The standard InChI is InChI=1S/C22H20N2O5S/c1-28-15-11-12-20(29-2)18(13-15)23-22(25)14-24-19-9-5-3-7-16(19)17-8-4-6-10-21(17)30(24,26)27/h3-13H,14H2,1-2H3,(H,23,25). The summed E-state index contributed by atoms with van der Waals surface area (Å²) in [4.78, 5) is 13.0. The number of para-hydroxylation sites is 1. The molecule has 154 valence electrons. The Balaban J connectivity index is 1.69. The zero-order valence-corrected chi connectivity index (χ0v) is 17.3. The number of hydrogen-bond donors (Lipinski definition) is 1. The highest BCUT2D eigenvalue weighted by Crippen LogP contribution is 2.42. The highest BCUT2D eigenvalue weighted by atomic mass is 32.2. The van der Waals surface area contributed by atoms with Crippen molar-refractivity contribution < 1.29 is 22.7 Å². The fraction of sp³-hybridized carbons (Fsp3) is 0.136. The van der Waals surface area contributed by atoms with Crippen LogP contribution in [0, 0.1) is 0 Å². The number of ether oxygens (including phenoxy) is 2. The molecule has 0 radical (unpaired) electrons. The van der Waals surface area contributed by atoms with E-state index in [4.69, 9.17) is 9.47 Å². The molecule has 1 amide bonds. The quantitative estimate of drug-likeness (QED) is 0.677. The minimum atomic E-state index is -3.90. The van der Waals surface area contributed by atoms with Crippen molar-refractivity contribution in [2.24, 2.45) is 0 Å². The van der Waals surface area contributed by atoms with E-state index in [1.807, 2.05) is 12.1 Å². The molecule has 0 fully saturated rings. The molecule has 30 heavy (non-hydrogen) atoms. The maximum absolute atomic E-state index is 13.3. The number of fused-ring (bicyclic) bond motifs is 3. The van der Waals surface area contributed by atoms with Crippen molar-refractivity contribution in [3.05, 3.63) is 66.7 Å². The minimum Gasteiger partial charge on any atom is -0.497 e. The summed E-state index contributed by atoms with van der Waals surface area (Å²) >= 11 is 0. The van der Waals surface area contributed by atoms with Gasteiger partial charge in [0.15, 0.2) is 0 Å². The topological polar surface area (TPSA) is 84.9 Å². The first kappa shape index (κ1) is 19.8. The van der Waals surface area contributed by atoms with Gasteiger partial charge in [0.1, 0.15) is 18.0 Å². The van der Waals surface area contributed by atoms with Gasteiger partial charge < -0.3 is 14.8 Å². The molecule has 8 heteroatoms. The summed E-state index contributed by atoms with van der Waals surface area (Å²) in [6, 6.07) is 18.9. The van der Waals surface area contributed by atoms with E-state index in [-0.39, 0.29) is 11.4 Å². The summed E-state index contributed by atoms with van der Waals surface area (Å²) < 4.78 is 38.2. The van der Waals surface area contributed by atoms with Crippen molar-refractivity contribution in [2.75, 3.05) is 30.4 Å². The summed E-state index contributed by atoms with van der Waals surface area (Å²) in [7, 11) is -0.894. The summed E-state index contributed by atoms with van der Waals surface area (Å²) in [6.45, 7) is -0.381. The SMILES string of the molecule is COc1ccc(OC)c(NC(=O)CN2c3ccccc3-c3ccccc3S2(=O)=O)c1. The van der Waals surface area contributed by atoms with Gasteiger partial charge in [0.25, 0.3) is 10.0 Å². The number of nitrogens with zero attached hydrogens (tertiary/aromatic N) is 1. The van der Waals surface area contributed by atoms with Crippen LogP contribution in [0.1, 0.15) is 0 Å². The van der Waals surface area contributed by atoms with E-state index < -0.39 is 15.9 Å². The van der Waals surface area contributed by atoms with Crippen LogP contribution < -0.4 is 19.1 Å². The van der Waals surface area contributed by atoms with Gasteiger partial charge in [-0.3, -0.25) is 9.10 Å². The van der Waals surface area contributed by atoms with Crippen LogP contribution in [0.3, 0.4) is 0 Å². The maximum Gasteiger partial charge on any atom is 0.265 e. The Labute approximate surface area is 174 Å². The van der Waals surface area contributed by atoms with E-state index in [9.17, 15) is 13.2 Å². The monoisotopic (exact) mass is 424 g/mol. The molecule has 0 aromatic heterocycles. The molecule has 1 aliphatic heterocycles. The fourth-order valence-corrected chi connectivity index (χ4v) is 5.13. The van der Waals surface area contributed by atoms with E-state index in [2.05, 4.69) is 5.32 Å². The number of nitrogens with one attached hydrogen (secondary N) is 1. The Morgan fingerprint density at radius 2 is 1.63 bits per heavy atom. The van der Waals surface area contributed by atoms with Crippen LogP contribution in [0.5, 0.6) is 11.5 Å². The lowest BCUT2D eigenvalue weighted by Crippen LogP contribution is -2.40. The Morgan fingerprint density at radius 3 is 2.37 bits per heavy atom. The van der Waals surface area contributed by atoms with E-state index in [0.717, 1.165) is 9.87 Å². The normalized spacial score (nSPS) is 13.7. The van der Waals surface area contributed by atoms with Gasteiger partial charge in [0, 0.05) is 17.2 Å². The Bertz CT molecular complexity index is 1220. The molecule has 3 aromatic rings. The van der Waals surface area contributed by atoms with Gasteiger partial charge in [0.05, 0.1) is 30.5 Å². The van der Waals surface area contributed by atoms with Crippen molar-refractivity contribution in [2.45, 2.75) is 4.90 Å². The van der Waals surface area contributed by atoms with Crippen molar-refractivity contribution in [1.29, 1.82) is 0 Å². The van der Waals surface area contributed by atoms with Crippen molar-refractivity contribution >= 4 is 27.3 Å². The molecule has 4 rings (SSSR count). The second-order valence-electron chi connectivity index (χ2n) is 6.64. The third-order valence-corrected chi connectivity index (χ3v) is 6.70. The summed E-state index contributed by atoms with van der Waals surface area (Å²) in [5, 5.41) is 2.73. The molecule has 0 unspecified atom stereocenters. The average molecular weight is 424 g/mol. The zero-order valence-electron chi connectivity index (χ0n) is 16.5. The van der Waals surface area contributed by atoms with Crippen molar-refractivity contribution in [3.8, 4) is 22.6 Å². The largest absolute Gasteiger partial charge is 0.497 e. The number of sulfonamides is 1. The van der Waals surface area contributed by atoms with Crippen LogP contribution in [0.4, 0.5) is 11.4 Å². The van der Waals surface area contributed by atoms with Gasteiger partial charge in [-0.25, -0.2) is 8.42 Å². The van der Waals surface area contributed by atoms with E-state index in [1.54, 1.807) is 54.6 Å². The Morgan fingerprint density at radius 1 is 0.933 bits per heavy atom. The molecule has 0 aliphatic carbocycles. The first-order valence-electron chi connectivity index (χ1n) is 9.19. The number of carbonyl (C=O) groups excluding carboxylic acids is 1. The molecule has 0 saturated heterocycles. The molecule has 1 aliphatic rings. The average Bonchev–Trinajstić information content (AvgIpc) is 2.76. The molecule has 7 nitrogen and oxygen atoms in total. The molecule has 0 bridgehead atoms. The number of rotatable bonds is 5. The first-order chi connectivity index (χ1) is 14.5. The van der Waals surface area contributed by atoms with Crippen LogP contribution in [-0.4, -0.2) is 35.1 Å². The Hall–Kier alpha value is -3.52. The fourth-order valence-electron chi connectivity index (χ4n) is 3.48. The van der Waals surface area contributed by atoms with Crippen LogP contribution >= 0.6 is 0 Å². The van der Waals surface area contributed by atoms with Gasteiger partial charge >= 0.3 is 0 Å². The van der Waals surface area contributed by atoms with Crippen LogP contribution in [-0.2, 0) is 14.8 Å². The lowest BCUT2D eigenvalue weighted by atomic mass is 10.0. The molecule has 0 atom stereocenters. The van der Waals surface area contributed by atoms with Crippen molar-refractivity contribution in [1.82, 2.24) is 0 Å². The second kappa shape index (κ2) is 7.72. The molecular weight excluding hydrogens is 404 g/mol. The smallest absolute Gasteiger partial charge is 0.265 e. The van der Waals surface area contributed by atoms with Crippen LogP contribution in [0.25, 0.3) is 11.1 Å². The molecule has 1 heterocycles. The highest BCUT2D eigenvalue weighted by Gasteiger charge is 2.35.